The SMILES string of the molecule is CC#CC(C)C(C)c1ccc(OC)c(Cl)c1. The number of methoxy groups -OCH3 is 1. The molecule has 2 unspecified atom stereocenters. The first-order valence-corrected chi connectivity index (χ1v) is 5.73. The van der Waals surface area contributed by atoms with E-state index >= 15 is 0 Å². The summed E-state index contributed by atoms with van der Waals surface area (Å²) in [4.78, 5) is 0. The largest absolute Gasteiger partial charge is 0.495 e. The van der Waals surface area contributed by atoms with Crippen LogP contribution in [0.1, 0.15) is 32.3 Å². The van der Waals surface area contributed by atoms with Gasteiger partial charge in [0, 0.05) is 5.92 Å². The lowest BCUT2D eigenvalue weighted by molar-refractivity contribution is 0.414. The van der Waals surface area contributed by atoms with Crippen molar-refractivity contribution in [1.82, 2.24) is 0 Å². The maximum Gasteiger partial charge on any atom is 0.137 e. The lowest BCUT2D eigenvalue weighted by Crippen LogP contribution is -2.04. The zero-order chi connectivity index (χ0) is 12.1. The van der Waals surface area contributed by atoms with Crippen LogP contribution >= 0.6 is 11.6 Å². The lowest BCUT2D eigenvalue weighted by Gasteiger charge is -2.16. The molecule has 1 aromatic rings. The fourth-order valence-electron chi connectivity index (χ4n) is 1.61. The number of rotatable bonds is 3. The number of benzene rings is 1. The van der Waals surface area contributed by atoms with Gasteiger partial charge in [-0.25, -0.2) is 0 Å². The van der Waals surface area contributed by atoms with Crippen LogP contribution in [-0.4, -0.2) is 7.11 Å². The molecule has 0 radical (unpaired) electrons. The summed E-state index contributed by atoms with van der Waals surface area (Å²) in [6.45, 7) is 6.15. The first-order chi connectivity index (χ1) is 7.60. The predicted molar refractivity (Wildman–Crippen MR) is 69.0 cm³/mol. The van der Waals surface area contributed by atoms with Crippen LogP contribution in [-0.2, 0) is 0 Å². The molecule has 1 aromatic carbocycles. The van der Waals surface area contributed by atoms with E-state index in [4.69, 9.17) is 16.3 Å². The van der Waals surface area contributed by atoms with E-state index in [1.165, 1.54) is 5.56 Å². The third-order valence-electron chi connectivity index (χ3n) is 2.82. The van der Waals surface area contributed by atoms with Crippen molar-refractivity contribution in [3.8, 4) is 17.6 Å². The molecular weight excluding hydrogens is 220 g/mol. The minimum absolute atomic E-state index is 0.328. The highest BCUT2D eigenvalue weighted by molar-refractivity contribution is 6.32. The molecule has 16 heavy (non-hydrogen) atoms. The molecular formula is C14H17ClO. The molecule has 0 aliphatic rings. The highest BCUT2D eigenvalue weighted by atomic mass is 35.5. The molecule has 0 fully saturated rings. The van der Waals surface area contributed by atoms with E-state index < -0.39 is 0 Å². The lowest BCUT2D eigenvalue weighted by atomic mass is 9.89. The summed E-state index contributed by atoms with van der Waals surface area (Å²) in [5.74, 6) is 7.53. The Bertz CT molecular complexity index is 414. The van der Waals surface area contributed by atoms with E-state index in [1.54, 1.807) is 7.11 Å². The zero-order valence-electron chi connectivity index (χ0n) is 10.2. The van der Waals surface area contributed by atoms with Crippen molar-refractivity contribution in [2.45, 2.75) is 26.7 Å². The molecule has 0 heterocycles. The van der Waals surface area contributed by atoms with Crippen molar-refractivity contribution in [1.29, 1.82) is 0 Å². The van der Waals surface area contributed by atoms with E-state index in [0.29, 0.717) is 22.6 Å². The van der Waals surface area contributed by atoms with Crippen molar-refractivity contribution in [2.24, 2.45) is 5.92 Å². The maximum atomic E-state index is 6.09. The van der Waals surface area contributed by atoms with Gasteiger partial charge in [0.25, 0.3) is 0 Å². The summed E-state index contributed by atoms with van der Waals surface area (Å²) >= 11 is 6.09. The van der Waals surface area contributed by atoms with Gasteiger partial charge in [-0.2, -0.15) is 0 Å². The normalized spacial score (nSPS) is 13.6. The fraction of sp³-hybridized carbons (Fsp3) is 0.429. The van der Waals surface area contributed by atoms with E-state index in [9.17, 15) is 0 Å². The van der Waals surface area contributed by atoms with Crippen LogP contribution in [0.4, 0.5) is 0 Å². The molecule has 1 nitrogen and oxygen atoms in total. The first-order valence-electron chi connectivity index (χ1n) is 5.35. The summed E-state index contributed by atoms with van der Waals surface area (Å²) in [5.41, 5.74) is 1.20. The topological polar surface area (TPSA) is 9.23 Å². The second kappa shape index (κ2) is 5.82. The highest BCUT2D eigenvalue weighted by Gasteiger charge is 2.13. The van der Waals surface area contributed by atoms with Gasteiger partial charge in [0.15, 0.2) is 0 Å². The predicted octanol–water partition coefficient (Wildman–Crippen LogP) is 4.11. The molecule has 2 heteroatoms. The smallest absolute Gasteiger partial charge is 0.137 e. The van der Waals surface area contributed by atoms with Crippen molar-refractivity contribution in [2.75, 3.05) is 7.11 Å². The zero-order valence-corrected chi connectivity index (χ0v) is 10.9. The van der Waals surface area contributed by atoms with Crippen LogP contribution in [0, 0.1) is 17.8 Å². The molecule has 0 saturated carbocycles. The van der Waals surface area contributed by atoms with Crippen molar-refractivity contribution in [3.63, 3.8) is 0 Å². The highest BCUT2D eigenvalue weighted by Crippen LogP contribution is 2.31. The van der Waals surface area contributed by atoms with Crippen molar-refractivity contribution in [3.05, 3.63) is 28.8 Å². The summed E-state index contributed by atoms with van der Waals surface area (Å²) < 4.78 is 5.13. The van der Waals surface area contributed by atoms with Crippen LogP contribution in [0.25, 0.3) is 0 Å². The Labute approximate surface area is 103 Å². The first kappa shape index (κ1) is 12.9. The Morgan fingerprint density at radius 3 is 2.50 bits per heavy atom. The van der Waals surface area contributed by atoms with Gasteiger partial charge in [0.05, 0.1) is 12.1 Å². The minimum Gasteiger partial charge on any atom is -0.495 e. The van der Waals surface area contributed by atoms with E-state index in [2.05, 4.69) is 25.7 Å². The van der Waals surface area contributed by atoms with E-state index in [0.717, 1.165) is 0 Å². The second-order valence-corrected chi connectivity index (χ2v) is 4.27. The van der Waals surface area contributed by atoms with Gasteiger partial charge in [-0.15, -0.1) is 5.92 Å². The molecule has 0 amide bonds. The Morgan fingerprint density at radius 2 is 2.00 bits per heavy atom. The molecule has 0 bridgehead atoms. The summed E-state index contributed by atoms with van der Waals surface area (Å²) in [5, 5.41) is 0.656. The number of ether oxygens (including phenoxy) is 1. The molecule has 0 N–H and O–H groups in total. The van der Waals surface area contributed by atoms with Crippen LogP contribution in [0.5, 0.6) is 5.75 Å². The summed E-state index contributed by atoms with van der Waals surface area (Å²) in [7, 11) is 1.62. The Kier molecular flexibility index (Phi) is 4.71. The van der Waals surface area contributed by atoms with Crippen molar-refractivity contribution >= 4 is 11.6 Å². The van der Waals surface area contributed by atoms with Gasteiger partial charge in [0.2, 0.25) is 0 Å². The Hall–Kier alpha value is -1.13. The summed E-state index contributed by atoms with van der Waals surface area (Å²) in [6, 6.07) is 5.91. The Morgan fingerprint density at radius 1 is 1.31 bits per heavy atom. The number of hydrogen-bond donors (Lipinski definition) is 0. The average molecular weight is 237 g/mol. The van der Waals surface area contributed by atoms with Gasteiger partial charge in [0.1, 0.15) is 5.75 Å². The number of hydrogen-bond acceptors (Lipinski definition) is 1. The van der Waals surface area contributed by atoms with Crippen LogP contribution < -0.4 is 4.74 Å². The molecule has 0 aliphatic heterocycles. The molecule has 0 spiro atoms. The van der Waals surface area contributed by atoms with Crippen molar-refractivity contribution < 1.29 is 4.74 Å². The average Bonchev–Trinajstić information content (AvgIpc) is 2.28. The third-order valence-corrected chi connectivity index (χ3v) is 3.12. The van der Waals surface area contributed by atoms with Crippen LogP contribution in [0.2, 0.25) is 5.02 Å². The molecule has 2 atom stereocenters. The molecule has 0 aromatic heterocycles. The summed E-state index contributed by atoms with van der Waals surface area (Å²) in [6.07, 6.45) is 0. The second-order valence-electron chi connectivity index (χ2n) is 3.87. The molecule has 0 aliphatic carbocycles. The quantitative estimate of drug-likeness (QED) is 0.718. The van der Waals surface area contributed by atoms with Gasteiger partial charge in [-0.3, -0.25) is 0 Å². The van der Waals surface area contributed by atoms with Crippen LogP contribution in [0.3, 0.4) is 0 Å². The standard InChI is InChI=1S/C14H17ClO/c1-5-6-10(2)11(3)12-7-8-14(16-4)13(15)9-12/h7-11H,1-4H3. The van der Waals surface area contributed by atoms with Gasteiger partial charge in [-0.1, -0.05) is 37.4 Å². The van der Waals surface area contributed by atoms with Gasteiger partial charge < -0.3 is 4.74 Å². The van der Waals surface area contributed by atoms with E-state index in [1.807, 2.05) is 25.1 Å². The minimum atomic E-state index is 0.328. The number of halogens is 1. The molecule has 0 saturated heterocycles. The van der Waals surface area contributed by atoms with Crippen LogP contribution in [0.15, 0.2) is 18.2 Å². The Balaban J connectivity index is 2.95. The third kappa shape index (κ3) is 2.93. The van der Waals surface area contributed by atoms with E-state index in [-0.39, 0.29) is 0 Å². The molecule has 1 rings (SSSR count). The van der Waals surface area contributed by atoms with Gasteiger partial charge >= 0.3 is 0 Å². The monoisotopic (exact) mass is 236 g/mol. The maximum absolute atomic E-state index is 6.09. The fourth-order valence-corrected chi connectivity index (χ4v) is 1.87. The molecule has 86 valence electrons. The van der Waals surface area contributed by atoms with Gasteiger partial charge in [-0.05, 0) is 30.5 Å².